The van der Waals surface area contributed by atoms with E-state index in [-0.39, 0.29) is 6.61 Å². The molecule has 3 aromatic rings. The molecule has 0 spiro atoms. The molecule has 0 aliphatic rings. The molecule has 20 heavy (non-hydrogen) atoms. The van der Waals surface area contributed by atoms with Gasteiger partial charge < -0.3 is 9.84 Å². The standard InChI is InChI=1S/C16H14N2O2/c1-11-8-15(13(10-19)9-18-11)20-14-6-2-4-12-5-3-7-17-16(12)14/h2-9,19H,10H2,1H3. The highest BCUT2D eigenvalue weighted by molar-refractivity contribution is 5.84. The normalized spacial score (nSPS) is 10.7. The maximum absolute atomic E-state index is 9.36. The first kappa shape index (κ1) is 12.6. The van der Waals surface area contributed by atoms with E-state index in [1.165, 1.54) is 0 Å². The van der Waals surface area contributed by atoms with Crippen LogP contribution in [0.15, 0.2) is 48.8 Å². The molecular weight excluding hydrogens is 252 g/mol. The van der Waals surface area contributed by atoms with Crippen LogP contribution in [0.4, 0.5) is 0 Å². The number of pyridine rings is 2. The quantitative estimate of drug-likeness (QED) is 0.790. The number of hydrogen-bond acceptors (Lipinski definition) is 4. The third-order valence-electron chi connectivity index (χ3n) is 3.07. The van der Waals surface area contributed by atoms with Gasteiger partial charge in [0.15, 0.2) is 5.75 Å². The van der Waals surface area contributed by atoms with Gasteiger partial charge in [0, 0.05) is 35.1 Å². The molecule has 0 aliphatic heterocycles. The Morgan fingerprint density at radius 1 is 1.10 bits per heavy atom. The predicted molar refractivity (Wildman–Crippen MR) is 76.7 cm³/mol. The van der Waals surface area contributed by atoms with E-state index < -0.39 is 0 Å². The molecule has 0 aliphatic carbocycles. The molecule has 0 saturated carbocycles. The van der Waals surface area contributed by atoms with Crippen LogP contribution >= 0.6 is 0 Å². The Labute approximate surface area is 116 Å². The smallest absolute Gasteiger partial charge is 0.153 e. The van der Waals surface area contributed by atoms with E-state index in [4.69, 9.17) is 4.74 Å². The summed E-state index contributed by atoms with van der Waals surface area (Å²) in [6, 6.07) is 11.5. The number of nitrogens with zero attached hydrogens (tertiary/aromatic N) is 2. The molecule has 0 amide bonds. The second kappa shape index (κ2) is 5.27. The molecule has 0 bridgehead atoms. The number of aromatic nitrogens is 2. The van der Waals surface area contributed by atoms with Crippen LogP contribution in [-0.2, 0) is 6.61 Å². The molecule has 100 valence electrons. The van der Waals surface area contributed by atoms with Gasteiger partial charge in [-0.2, -0.15) is 0 Å². The first-order valence-corrected chi connectivity index (χ1v) is 6.36. The SMILES string of the molecule is Cc1cc(Oc2cccc3cccnc23)c(CO)cn1. The third kappa shape index (κ3) is 2.33. The number of para-hydroxylation sites is 1. The fraction of sp³-hybridized carbons (Fsp3) is 0.125. The summed E-state index contributed by atoms with van der Waals surface area (Å²) in [6.45, 7) is 1.77. The Morgan fingerprint density at radius 2 is 1.95 bits per heavy atom. The van der Waals surface area contributed by atoms with Crippen molar-refractivity contribution in [1.29, 1.82) is 0 Å². The second-order valence-corrected chi connectivity index (χ2v) is 4.52. The van der Waals surface area contributed by atoms with Gasteiger partial charge in [0.25, 0.3) is 0 Å². The van der Waals surface area contributed by atoms with Crippen LogP contribution in [-0.4, -0.2) is 15.1 Å². The zero-order chi connectivity index (χ0) is 13.9. The predicted octanol–water partition coefficient (Wildman–Crippen LogP) is 3.22. The molecule has 0 unspecified atom stereocenters. The van der Waals surface area contributed by atoms with Crippen molar-refractivity contribution in [3.63, 3.8) is 0 Å². The summed E-state index contributed by atoms with van der Waals surface area (Å²) in [5.41, 5.74) is 2.29. The molecule has 4 heteroatoms. The Kier molecular flexibility index (Phi) is 3.31. The largest absolute Gasteiger partial charge is 0.455 e. The first-order valence-electron chi connectivity index (χ1n) is 6.36. The Hall–Kier alpha value is -2.46. The monoisotopic (exact) mass is 266 g/mol. The van der Waals surface area contributed by atoms with E-state index in [0.29, 0.717) is 17.1 Å². The van der Waals surface area contributed by atoms with Crippen molar-refractivity contribution in [1.82, 2.24) is 9.97 Å². The number of aliphatic hydroxyl groups is 1. The molecule has 4 nitrogen and oxygen atoms in total. The summed E-state index contributed by atoms with van der Waals surface area (Å²) in [4.78, 5) is 8.51. The Balaban J connectivity index is 2.07. The van der Waals surface area contributed by atoms with Crippen LogP contribution in [0.1, 0.15) is 11.3 Å². The van der Waals surface area contributed by atoms with E-state index >= 15 is 0 Å². The lowest BCUT2D eigenvalue weighted by molar-refractivity contribution is 0.276. The van der Waals surface area contributed by atoms with Gasteiger partial charge in [-0.1, -0.05) is 18.2 Å². The van der Waals surface area contributed by atoms with E-state index in [0.717, 1.165) is 16.6 Å². The number of fused-ring (bicyclic) bond motifs is 1. The van der Waals surface area contributed by atoms with Gasteiger partial charge >= 0.3 is 0 Å². The molecule has 1 aromatic carbocycles. The minimum Gasteiger partial charge on any atom is -0.455 e. The van der Waals surface area contributed by atoms with Crippen LogP contribution in [0, 0.1) is 6.92 Å². The summed E-state index contributed by atoms with van der Waals surface area (Å²) in [5.74, 6) is 1.28. The summed E-state index contributed by atoms with van der Waals surface area (Å²) < 4.78 is 5.93. The van der Waals surface area contributed by atoms with Crippen molar-refractivity contribution in [2.45, 2.75) is 13.5 Å². The van der Waals surface area contributed by atoms with Crippen LogP contribution in [0.25, 0.3) is 10.9 Å². The average molecular weight is 266 g/mol. The molecular formula is C16H14N2O2. The van der Waals surface area contributed by atoms with E-state index in [9.17, 15) is 5.11 Å². The van der Waals surface area contributed by atoms with Crippen molar-refractivity contribution in [2.24, 2.45) is 0 Å². The van der Waals surface area contributed by atoms with Crippen molar-refractivity contribution >= 4 is 10.9 Å². The summed E-state index contributed by atoms with van der Waals surface area (Å²) in [5, 5.41) is 10.4. The number of rotatable bonds is 3. The molecule has 3 rings (SSSR count). The van der Waals surface area contributed by atoms with E-state index in [1.807, 2.05) is 43.3 Å². The van der Waals surface area contributed by atoms with Crippen LogP contribution in [0.5, 0.6) is 11.5 Å². The molecule has 1 N–H and O–H groups in total. The summed E-state index contributed by atoms with van der Waals surface area (Å²) in [7, 11) is 0. The minimum absolute atomic E-state index is 0.110. The lowest BCUT2D eigenvalue weighted by Crippen LogP contribution is -1.95. The van der Waals surface area contributed by atoms with Crippen LogP contribution < -0.4 is 4.74 Å². The van der Waals surface area contributed by atoms with Crippen molar-refractivity contribution < 1.29 is 9.84 Å². The third-order valence-corrected chi connectivity index (χ3v) is 3.07. The zero-order valence-corrected chi connectivity index (χ0v) is 11.1. The molecule has 2 aromatic heterocycles. The fourth-order valence-electron chi connectivity index (χ4n) is 2.05. The van der Waals surface area contributed by atoms with Crippen LogP contribution in [0.2, 0.25) is 0 Å². The number of benzene rings is 1. The van der Waals surface area contributed by atoms with Crippen molar-refractivity contribution in [2.75, 3.05) is 0 Å². The number of hydrogen-bond donors (Lipinski definition) is 1. The highest BCUT2D eigenvalue weighted by atomic mass is 16.5. The fourth-order valence-corrected chi connectivity index (χ4v) is 2.05. The van der Waals surface area contributed by atoms with Gasteiger partial charge in [-0.15, -0.1) is 0 Å². The highest BCUT2D eigenvalue weighted by Crippen LogP contribution is 2.30. The summed E-state index contributed by atoms with van der Waals surface area (Å²) >= 11 is 0. The highest BCUT2D eigenvalue weighted by Gasteiger charge is 2.08. The molecule has 0 fully saturated rings. The second-order valence-electron chi connectivity index (χ2n) is 4.52. The first-order chi connectivity index (χ1) is 9.78. The molecule has 0 atom stereocenters. The lowest BCUT2D eigenvalue weighted by Gasteiger charge is -2.11. The average Bonchev–Trinajstić information content (AvgIpc) is 2.48. The van der Waals surface area contributed by atoms with Gasteiger partial charge in [-0.05, 0) is 19.1 Å². The van der Waals surface area contributed by atoms with E-state index in [2.05, 4.69) is 9.97 Å². The molecule has 0 saturated heterocycles. The van der Waals surface area contributed by atoms with Gasteiger partial charge in [-0.3, -0.25) is 9.97 Å². The van der Waals surface area contributed by atoms with Gasteiger partial charge in [0.05, 0.1) is 6.61 Å². The van der Waals surface area contributed by atoms with Gasteiger partial charge in [-0.25, -0.2) is 0 Å². The minimum atomic E-state index is -0.110. The Bertz CT molecular complexity index is 751. The topological polar surface area (TPSA) is 55.2 Å². The van der Waals surface area contributed by atoms with Crippen molar-refractivity contribution in [3.8, 4) is 11.5 Å². The molecule has 2 heterocycles. The maximum atomic E-state index is 9.36. The number of ether oxygens (including phenoxy) is 1. The zero-order valence-electron chi connectivity index (χ0n) is 11.1. The van der Waals surface area contributed by atoms with Crippen molar-refractivity contribution in [3.05, 3.63) is 60.0 Å². The number of aliphatic hydroxyl groups excluding tert-OH is 1. The molecule has 0 radical (unpaired) electrons. The summed E-state index contributed by atoms with van der Waals surface area (Å²) in [6.07, 6.45) is 3.36. The Morgan fingerprint density at radius 3 is 2.80 bits per heavy atom. The van der Waals surface area contributed by atoms with Gasteiger partial charge in [0.1, 0.15) is 11.3 Å². The van der Waals surface area contributed by atoms with Crippen LogP contribution in [0.3, 0.4) is 0 Å². The van der Waals surface area contributed by atoms with Gasteiger partial charge in [0.2, 0.25) is 0 Å². The number of aryl methyl sites for hydroxylation is 1. The lowest BCUT2D eigenvalue weighted by atomic mass is 10.2. The van der Waals surface area contributed by atoms with E-state index in [1.54, 1.807) is 12.4 Å². The maximum Gasteiger partial charge on any atom is 0.153 e.